The largest absolute Gasteiger partial charge is 0.497 e. The minimum Gasteiger partial charge on any atom is -0.497 e. The molecule has 94 valence electrons. The smallest absolute Gasteiger partial charge is 0.121 e. The molecule has 0 aromatic heterocycles. The van der Waals surface area contributed by atoms with Gasteiger partial charge in [0.1, 0.15) is 5.75 Å². The first-order valence-corrected chi connectivity index (χ1v) is 6.10. The maximum Gasteiger partial charge on any atom is 0.121 e. The fourth-order valence-electron chi connectivity index (χ4n) is 2.33. The molecule has 2 N–H and O–H groups in total. The van der Waals surface area contributed by atoms with Gasteiger partial charge in [0.2, 0.25) is 0 Å². The van der Waals surface area contributed by atoms with Crippen LogP contribution in [0.1, 0.15) is 6.42 Å². The maximum absolute atomic E-state index is 5.68. The number of hydrogen-bond acceptors (Lipinski definition) is 4. The van der Waals surface area contributed by atoms with E-state index < -0.39 is 0 Å². The first-order chi connectivity index (χ1) is 8.26. The summed E-state index contributed by atoms with van der Waals surface area (Å²) < 4.78 is 5.29. The van der Waals surface area contributed by atoms with Crippen LogP contribution in [0, 0.1) is 0 Å². The molecule has 0 fully saturated rings. The van der Waals surface area contributed by atoms with Crippen LogP contribution in [0.5, 0.6) is 5.75 Å². The molecule has 0 bridgehead atoms. The van der Waals surface area contributed by atoms with Crippen molar-refractivity contribution in [1.82, 2.24) is 0 Å². The van der Waals surface area contributed by atoms with E-state index in [1.807, 2.05) is 6.07 Å². The molecule has 0 saturated carbocycles. The molecule has 2 rings (SSSR count). The van der Waals surface area contributed by atoms with Gasteiger partial charge in [-0.25, -0.2) is 0 Å². The zero-order valence-electron chi connectivity index (χ0n) is 10.6. The lowest BCUT2D eigenvalue weighted by molar-refractivity contribution is 0.415. The first kappa shape index (κ1) is 12.0. The highest BCUT2D eigenvalue weighted by Crippen LogP contribution is 2.34. The van der Waals surface area contributed by atoms with Gasteiger partial charge in [0.15, 0.2) is 0 Å². The molecule has 0 spiro atoms. The van der Waals surface area contributed by atoms with Gasteiger partial charge in [-0.3, -0.25) is 0 Å². The van der Waals surface area contributed by atoms with Gasteiger partial charge in [-0.05, 0) is 18.6 Å². The maximum atomic E-state index is 5.68. The number of benzene rings is 1. The van der Waals surface area contributed by atoms with Gasteiger partial charge in [-0.15, -0.1) is 0 Å². The number of rotatable bonds is 3. The second kappa shape index (κ2) is 5.27. The van der Waals surface area contributed by atoms with E-state index in [0.29, 0.717) is 6.54 Å². The molecule has 1 aliphatic heterocycles. The summed E-state index contributed by atoms with van der Waals surface area (Å²) in [6, 6.07) is 6.25. The number of ether oxygens (including phenoxy) is 1. The van der Waals surface area contributed by atoms with E-state index >= 15 is 0 Å². The summed E-state index contributed by atoms with van der Waals surface area (Å²) in [5.41, 5.74) is 8.17. The highest BCUT2D eigenvalue weighted by atomic mass is 16.5. The highest BCUT2D eigenvalue weighted by Gasteiger charge is 2.18. The molecule has 0 amide bonds. The lowest BCUT2D eigenvalue weighted by atomic mass is 10.2. The number of hydrogen-bond donors (Lipinski definition) is 1. The minimum atomic E-state index is 0.690. The van der Waals surface area contributed by atoms with Crippen LogP contribution in [0.15, 0.2) is 18.2 Å². The Kier molecular flexibility index (Phi) is 3.74. The summed E-state index contributed by atoms with van der Waals surface area (Å²) in [4.78, 5) is 4.65. The second-order valence-electron chi connectivity index (χ2n) is 4.41. The highest BCUT2D eigenvalue weighted by molar-refractivity contribution is 5.73. The molecule has 0 radical (unpaired) electrons. The van der Waals surface area contributed by atoms with Crippen molar-refractivity contribution in [2.45, 2.75) is 6.42 Å². The molecule has 1 aliphatic rings. The SMILES string of the molecule is COc1ccc2c(c1)N(C)CCCN2CCN. The lowest BCUT2D eigenvalue weighted by Gasteiger charge is -2.25. The second-order valence-corrected chi connectivity index (χ2v) is 4.41. The minimum absolute atomic E-state index is 0.690. The van der Waals surface area contributed by atoms with Crippen molar-refractivity contribution in [3.63, 3.8) is 0 Å². The van der Waals surface area contributed by atoms with Gasteiger partial charge < -0.3 is 20.3 Å². The Morgan fingerprint density at radius 2 is 2.12 bits per heavy atom. The summed E-state index contributed by atoms with van der Waals surface area (Å²) >= 11 is 0. The van der Waals surface area contributed by atoms with Crippen LogP contribution in [-0.2, 0) is 0 Å². The van der Waals surface area contributed by atoms with Crippen molar-refractivity contribution in [3.05, 3.63) is 18.2 Å². The van der Waals surface area contributed by atoms with Crippen LogP contribution in [-0.4, -0.2) is 40.3 Å². The Hall–Kier alpha value is -1.42. The molecule has 1 aromatic rings. The quantitative estimate of drug-likeness (QED) is 0.857. The predicted molar refractivity (Wildman–Crippen MR) is 72.1 cm³/mol. The Labute approximate surface area is 103 Å². The van der Waals surface area contributed by atoms with E-state index in [2.05, 4.69) is 29.0 Å². The molecule has 4 heteroatoms. The van der Waals surface area contributed by atoms with Crippen LogP contribution in [0.25, 0.3) is 0 Å². The van der Waals surface area contributed by atoms with Crippen molar-refractivity contribution in [2.75, 3.05) is 50.1 Å². The number of methoxy groups -OCH3 is 1. The van der Waals surface area contributed by atoms with Gasteiger partial charge >= 0.3 is 0 Å². The number of fused-ring (bicyclic) bond motifs is 1. The molecule has 1 aromatic carbocycles. The molecule has 0 saturated heterocycles. The van der Waals surface area contributed by atoms with Crippen molar-refractivity contribution in [1.29, 1.82) is 0 Å². The van der Waals surface area contributed by atoms with Gasteiger partial charge in [-0.2, -0.15) is 0 Å². The Morgan fingerprint density at radius 1 is 1.29 bits per heavy atom. The summed E-state index contributed by atoms with van der Waals surface area (Å²) in [6.45, 7) is 3.74. The molecule has 0 atom stereocenters. The average molecular weight is 235 g/mol. The third-order valence-electron chi connectivity index (χ3n) is 3.26. The Balaban J connectivity index is 2.38. The van der Waals surface area contributed by atoms with E-state index in [-0.39, 0.29) is 0 Å². The number of anilines is 2. The van der Waals surface area contributed by atoms with Crippen molar-refractivity contribution >= 4 is 11.4 Å². The van der Waals surface area contributed by atoms with E-state index in [1.54, 1.807) is 7.11 Å². The number of nitrogens with zero attached hydrogens (tertiary/aromatic N) is 2. The summed E-state index contributed by atoms with van der Waals surface area (Å²) in [5.74, 6) is 0.908. The topological polar surface area (TPSA) is 41.7 Å². The molecule has 1 heterocycles. The number of nitrogens with two attached hydrogens (primary N) is 1. The van der Waals surface area contributed by atoms with E-state index in [9.17, 15) is 0 Å². The van der Waals surface area contributed by atoms with Gasteiger partial charge in [0, 0.05) is 39.3 Å². The Morgan fingerprint density at radius 3 is 2.82 bits per heavy atom. The molecular formula is C13H21N3O. The van der Waals surface area contributed by atoms with Crippen LogP contribution in [0.3, 0.4) is 0 Å². The Bertz CT molecular complexity index is 381. The van der Waals surface area contributed by atoms with Crippen LogP contribution in [0.4, 0.5) is 11.4 Å². The van der Waals surface area contributed by atoms with Gasteiger partial charge in [0.25, 0.3) is 0 Å². The third-order valence-corrected chi connectivity index (χ3v) is 3.26. The fourth-order valence-corrected chi connectivity index (χ4v) is 2.33. The standard InChI is InChI=1S/C13H21N3O/c1-15-7-3-8-16(9-6-14)12-5-4-11(17-2)10-13(12)15/h4-5,10H,3,6-9,14H2,1-2H3. The molecule has 0 unspecified atom stereocenters. The zero-order chi connectivity index (χ0) is 12.3. The van der Waals surface area contributed by atoms with Gasteiger partial charge in [-0.1, -0.05) is 0 Å². The normalized spacial score (nSPS) is 15.5. The molecule has 17 heavy (non-hydrogen) atoms. The molecule has 0 aliphatic carbocycles. The van der Waals surface area contributed by atoms with Crippen LogP contribution < -0.4 is 20.3 Å². The van der Waals surface area contributed by atoms with E-state index in [4.69, 9.17) is 10.5 Å². The third kappa shape index (κ3) is 2.47. The average Bonchev–Trinajstić information content (AvgIpc) is 2.50. The first-order valence-electron chi connectivity index (χ1n) is 6.10. The fraction of sp³-hybridized carbons (Fsp3) is 0.538. The van der Waals surface area contributed by atoms with E-state index in [1.165, 1.54) is 11.4 Å². The lowest BCUT2D eigenvalue weighted by Crippen LogP contribution is -2.29. The summed E-state index contributed by atoms with van der Waals surface area (Å²) in [5, 5.41) is 0. The summed E-state index contributed by atoms with van der Waals surface area (Å²) in [7, 11) is 3.83. The molecule has 4 nitrogen and oxygen atoms in total. The zero-order valence-corrected chi connectivity index (χ0v) is 10.6. The van der Waals surface area contributed by atoms with E-state index in [0.717, 1.165) is 31.8 Å². The molecular weight excluding hydrogens is 214 g/mol. The van der Waals surface area contributed by atoms with Crippen molar-refractivity contribution < 1.29 is 4.74 Å². The van der Waals surface area contributed by atoms with Crippen LogP contribution in [0.2, 0.25) is 0 Å². The summed E-state index contributed by atoms with van der Waals surface area (Å²) in [6.07, 6.45) is 1.16. The predicted octanol–water partition coefficient (Wildman–Crippen LogP) is 1.30. The monoisotopic (exact) mass is 235 g/mol. The van der Waals surface area contributed by atoms with Crippen molar-refractivity contribution in [3.8, 4) is 5.75 Å². The van der Waals surface area contributed by atoms with Crippen molar-refractivity contribution in [2.24, 2.45) is 5.73 Å². The van der Waals surface area contributed by atoms with Gasteiger partial charge in [0.05, 0.1) is 18.5 Å². The van der Waals surface area contributed by atoms with Crippen LogP contribution >= 0.6 is 0 Å².